The van der Waals surface area contributed by atoms with Crippen molar-refractivity contribution in [1.82, 2.24) is 9.88 Å². The highest BCUT2D eigenvalue weighted by Gasteiger charge is 2.27. The van der Waals surface area contributed by atoms with Crippen molar-refractivity contribution >= 4 is 41.2 Å². The summed E-state index contributed by atoms with van der Waals surface area (Å²) < 4.78 is 0. The predicted molar refractivity (Wildman–Crippen MR) is 98.5 cm³/mol. The molecule has 3 heterocycles. The first kappa shape index (κ1) is 16.1. The second kappa shape index (κ2) is 7.21. The van der Waals surface area contributed by atoms with E-state index in [1.54, 1.807) is 11.3 Å². The van der Waals surface area contributed by atoms with Gasteiger partial charge in [-0.2, -0.15) is 11.8 Å². The quantitative estimate of drug-likeness (QED) is 0.907. The van der Waals surface area contributed by atoms with E-state index in [0.29, 0.717) is 6.04 Å². The van der Waals surface area contributed by atoms with Gasteiger partial charge < -0.3 is 5.32 Å². The average molecular weight is 354 g/mol. The molecule has 1 aromatic carbocycles. The third-order valence-corrected chi connectivity index (χ3v) is 6.18. The van der Waals surface area contributed by atoms with Crippen LogP contribution in [0, 0.1) is 0 Å². The molecule has 0 spiro atoms. The molecule has 4 rings (SSSR count). The minimum Gasteiger partial charge on any atom is -0.384 e. The molecule has 2 aliphatic rings. The van der Waals surface area contributed by atoms with E-state index in [0.717, 1.165) is 31.8 Å². The van der Waals surface area contributed by atoms with E-state index in [1.807, 2.05) is 6.20 Å². The van der Waals surface area contributed by atoms with Gasteiger partial charge in [-0.1, -0.05) is 18.2 Å². The molecule has 1 unspecified atom stereocenters. The Morgan fingerprint density at radius 3 is 3.18 bits per heavy atom. The molecule has 0 radical (unpaired) electrons. The van der Waals surface area contributed by atoms with E-state index < -0.39 is 0 Å². The molecule has 118 valence electrons. The zero-order valence-corrected chi connectivity index (χ0v) is 14.8. The number of halogens is 1. The molecule has 1 aromatic heterocycles. The van der Waals surface area contributed by atoms with Crippen LogP contribution in [0.3, 0.4) is 0 Å². The molecule has 1 saturated heterocycles. The molecule has 22 heavy (non-hydrogen) atoms. The van der Waals surface area contributed by atoms with Crippen molar-refractivity contribution in [2.45, 2.75) is 19.0 Å². The normalized spacial score (nSPS) is 21.0. The Morgan fingerprint density at radius 1 is 1.36 bits per heavy atom. The Bertz CT molecular complexity index is 618. The molecule has 1 atom stereocenters. The van der Waals surface area contributed by atoms with E-state index in [2.05, 4.69) is 50.5 Å². The van der Waals surface area contributed by atoms with E-state index >= 15 is 0 Å². The first-order valence-electron chi connectivity index (χ1n) is 7.47. The lowest BCUT2D eigenvalue weighted by Crippen LogP contribution is -2.35. The summed E-state index contributed by atoms with van der Waals surface area (Å²) in [5.41, 5.74) is 4.30. The first-order valence-corrected chi connectivity index (χ1v) is 9.51. The smallest absolute Gasteiger partial charge is 0.111 e. The maximum Gasteiger partial charge on any atom is 0.111 e. The minimum absolute atomic E-state index is 0. The van der Waals surface area contributed by atoms with Crippen molar-refractivity contribution in [2.75, 3.05) is 29.9 Å². The summed E-state index contributed by atoms with van der Waals surface area (Å²) in [5, 5.41) is 6.92. The number of aromatic nitrogens is 1. The Morgan fingerprint density at radius 2 is 2.32 bits per heavy atom. The summed E-state index contributed by atoms with van der Waals surface area (Å²) in [7, 11) is 0. The van der Waals surface area contributed by atoms with Crippen LogP contribution in [-0.4, -0.2) is 34.5 Å². The van der Waals surface area contributed by atoms with Crippen molar-refractivity contribution in [3.8, 4) is 0 Å². The molecular formula is C16H20ClN3S2. The van der Waals surface area contributed by atoms with Crippen LogP contribution in [0.5, 0.6) is 0 Å². The van der Waals surface area contributed by atoms with Gasteiger partial charge in [-0.15, -0.1) is 23.7 Å². The average Bonchev–Trinajstić information content (AvgIpc) is 3.20. The summed E-state index contributed by atoms with van der Waals surface area (Å²) in [6.45, 7) is 3.26. The SMILES string of the molecule is Cl.c1cc2c(c(CN3CCSCC3c3nccs3)c1)NCC2. The number of hydrogen-bond donors (Lipinski definition) is 1. The molecule has 0 amide bonds. The minimum atomic E-state index is 0. The molecule has 0 bridgehead atoms. The standard InChI is InChI=1S/C16H19N3S2.ClH/c1-2-12-4-5-17-15(12)13(3-1)10-19-7-9-20-11-14(19)16-18-6-8-21-16;/h1-3,6,8,14,17H,4-5,7,9-11H2;1H. The van der Waals surface area contributed by atoms with Gasteiger partial charge in [0.2, 0.25) is 0 Å². The number of rotatable bonds is 3. The van der Waals surface area contributed by atoms with E-state index in [1.165, 1.54) is 27.6 Å². The lowest BCUT2D eigenvalue weighted by molar-refractivity contribution is 0.212. The van der Waals surface area contributed by atoms with Crippen LogP contribution in [0.15, 0.2) is 29.8 Å². The maximum atomic E-state index is 4.55. The van der Waals surface area contributed by atoms with Crippen molar-refractivity contribution < 1.29 is 0 Å². The number of benzene rings is 1. The number of para-hydroxylation sites is 1. The Balaban J connectivity index is 0.00000144. The predicted octanol–water partition coefficient (Wildman–Crippen LogP) is 3.82. The molecule has 0 saturated carbocycles. The van der Waals surface area contributed by atoms with Crippen LogP contribution < -0.4 is 5.32 Å². The second-order valence-electron chi connectivity index (χ2n) is 5.56. The Labute approximate surface area is 145 Å². The van der Waals surface area contributed by atoms with Crippen LogP contribution in [0.2, 0.25) is 0 Å². The molecule has 6 heteroatoms. The van der Waals surface area contributed by atoms with Gasteiger partial charge in [0.15, 0.2) is 0 Å². The topological polar surface area (TPSA) is 28.2 Å². The van der Waals surface area contributed by atoms with Crippen LogP contribution in [-0.2, 0) is 13.0 Å². The third-order valence-electron chi connectivity index (χ3n) is 4.28. The fourth-order valence-corrected chi connectivity index (χ4v) is 5.22. The van der Waals surface area contributed by atoms with Gasteiger partial charge in [-0.25, -0.2) is 4.98 Å². The van der Waals surface area contributed by atoms with E-state index in [-0.39, 0.29) is 12.4 Å². The van der Waals surface area contributed by atoms with E-state index in [9.17, 15) is 0 Å². The zero-order valence-electron chi connectivity index (χ0n) is 12.3. The Kier molecular flexibility index (Phi) is 5.29. The number of nitrogens with one attached hydrogen (secondary N) is 1. The fraction of sp³-hybridized carbons (Fsp3) is 0.438. The largest absolute Gasteiger partial charge is 0.384 e. The summed E-state index contributed by atoms with van der Waals surface area (Å²) in [6.07, 6.45) is 3.09. The first-order chi connectivity index (χ1) is 10.4. The Hall–Kier alpha value is -0.750. The molecule has 2 aromatic rings. The summed E-state index contributed by atoms with van der Waals surface area (Å²) >= 11 is 3.84. The van der Waals surface area contributed by atoms with Crippen molar-refractivity contribution in [1.29, 1.82) is 0 Å². The third kappa shape index (κ3) is 3.13. The van der Waals surface area contributed by atoms with E-state index in [4.69, 9.17) is 0 Å². The summed E-state index contributed by atoms with van der Waals surface area (Å²) in [4.78, 5) is 7.15. The highest BCUT2D eigenvalue weighted by atomic mass is 35.5. The highest BCUT2D eigenvalue weighted by molar-refractivity contribution is 7.99. The highest BCUT2D eigenvalue weighted by Crippen LogP contribution is 2.34. The molecule has 1 N–H and O–H groups in total. The van der Waals surface area contributed by atoms with Crippen LogP contribution >= 0.6 is 35.5 Å². The van der Waals surface area contributed by atoms with Gasteiger partial charge >= 0.3 is 0 Å². The van der Waals surface area contributed by atoms with Crippen LogP contribution in [0.25, 0.3) is 0 Å². The number of thiazole rings is 1. The zero-order chi connectivity index (χ0) is 14.1. The number of hydrogen-bond acceptors (Lipinski definition) is 5. The van der Waals surface area contributed by atoms with Gasteiger partial charge in [-0.3, -0.25) is 4.90 Å². The van der Waals surface area contributed by atoms with Crippen molar-refractivity contribution in [2.24, 2.45) is 0 Å². The van der Waals surface area contributed by atoms with Gasteiger partial charge in [0.05, 0.1) is 6.04 Å². The molecule has 2 aliphatic heterocycles. The van der Waals surface area contributed by atoms with Gasteiger partial charge in [0, 0.05) is 48.4 Å². The van der Waals surface area contributed by atoms with Crippen molar-refractivity contribution in [3.63, 3.8) is 0 Å². The second-order valence-corrected chi connectivity index (χ2v) is 7.64. The van der Waals surface area contributed by atoms with Gasteiger partial charge in [0.1, 0.15) is 5.01 Å². The molecule has 0 aliphatic carbocycles. The maximum absolute atomic E-state index is 4.55. The summed E-state index contributed by atoms with van der Waals surface area (Å²) in [6, 6.07) is 7.21. The van der Waals surface area contributed by atoms with Gasteiger partial charge in [-0.05, 0) is 17.5 Å². The molecular weight excluding hydrogens is 334 g/mol. The van der Waals surface area contributed by atoms with Gasteiger partial charge in [0.25, 0.3) is 0 Å². The number of thioether (sulfide) groups is 1. The summed E-state index contributed by atoms with van der Waals surface area (Å²) in [5.74, 6) is 2.39. The monoisotopic (exact) mass is 353 g/mol. The van der Waals surface area contributed by atoms with Crippen molar-refractivity contribution in [3.05, 3.63) is 45.9 Å². The fourth-order valence-electron chi connectivity index (χ4n) is 3.22. The lowest BCUT2D eigenvalue weighted by atomic mass is 10.1. The lowest BCUT2D eigenvalue weighted by Gasteiger charge is -2.34. The molecule has 3 nitrogen and oxygen atoms in total. The number of fused-ring (bicyclic) bond motifs is 1. The van der Waals surface area contributed by atoms with Crippen LogP contribution in [0.1, 0.15) is 22.2 Å². The molecule has 1 fully saturated rings. The van der Waals surface area contributed by atoms with Crippen LogP contribution in [0.4, 0.5) is 5.69 Å². The number of nitrogens with zero attached hydrogens (tertiary/aromatic N) is 2. The number of anilines is 1.